The van der Waals surface area contributed by atoms with Crippen LogP contribution in [0.25, 0.3) is 0 Å². The highest BCUT2D eigenvalue weighted by Crippen LogP contribution is 2.89. The van der Waals surface area contributed by atoms with Crippen molar-refractivity contribution in [2.45, 2.75) is 231 Å². The summed E-state index contributed by atoms with van der Waals surface area (Å²) in [5.41, 5.74) is 14.7. The lowest BCUT2D eigenvalue weighted by atomic mass is 9.27. The summed E-state index contributed by atoms with van der Waals surface area (Å²) >= 11 is 0. The molecule has 0 amide bonds. The number of carbonyl (C=O) groups excluding carboxylic acids is 2. The maximum atomic E-state index is 17.5. The van der Waals surface area contributed by atoms with Gasteiger partial charge in [0.15, 0.2) is 11.4 Å². The predicted octanol–water partition coefficient (Wildman–Crippen LogP) is 16.9. The van der Waals surface area contributed by atoms with Gasteiger partial charge in [-0.05, 0) is 271 Å². The van der Waals surface area contributed by atoms with Gasteiger partial charge in [-0.25, -0.2) is 4.79 Å². The molecule has 3 saturated heterocycles. The Balaban J connectivity index is 0.829. The van der Waals surface area contributed by atoms with Crippen molar-refractivity contribution >= 4 is 11.9 Å². The van der Waals surface area contributed by atoms with E-state index >= 15 is 9.59 Å². The van der Waals surface area contributed by atoms with E-state index in [4.69, 9.17) is 15.2 Å². The Bertz CT molecular complexity index is 3610. The topological polar surface area (TPSA) is 105 Å². The summed E-state index contributed by atoms with van der Waals surface area (Å²) in [7, 11) is 0. The Labute approximate surface area is 543 Å². The minimum atomic E-state index is -1.22. The van der Waals surface area contributed by atoms with E-state index in [0.717, 1.165) is 68.8 Å². The summed E-state index contributed by atoms with van der Waals surface area (Å²) in [5, 5.41) is 14.7. The van der Waals surface area contributed by atoms with E-state index in [9.17, 15) is 5.11 Å². The zero-order valence-electron chi connectivity index (χ0n) is 55.3. The summed E-state index contributed by atoms with van der Waals surface area (Å²) < 4.78 is 15.5. The molecular formula is C83H105N3O5. The fourth-order valence-electron chi connectivity index (χ4n) is 31.8. The van der Waals surface area contributed by atoms with Gasteiger partial charge in [-0.15, -0.1) is 0 Å². The van der Waals surface area contributed by atoms with E-state index in [1.165, 1.54) is 159 Å². The van der Waals surface area contributed by atoms with Gasteiger partial charge in [-0.2, -0.15) is 0 Å². The van der Waals surface area contributed by atoms with Crippen molar-refractivity contribution in [3.05, 3.63) is 117 Å². The van der Waals surface area contributed by atoms with Crippen LogP contribution in [0.15, 0.2) is 100 Å². The van der Waals surface area contributed by atoms with Gasteiger partial charge in [0, 0.05) is 72.6 Å². The van der Waals surface area contributed by atoms with Gasteiger partial charge in [0.2, 0.25) is 0 Å². The number of rotatable bonds is 4. The number of hydrogen-bond acceptors (Lipinski definition) is 8. The summed E-state index contributed by atoms with van der Waals surface area (Å²) in [5.74, 6) is 6.49. The van der Waals surface area contributed by atoms with Crippen LogP contribution in [0.2, 0.25) is 0 Å². The number of aryl methyl sites for hydroxylation is 1. The second-order valence-electron chi connectivity index (χ2n) is 36.7. The first-order valence-corrected chi connectivity index (χ1v) is 38.8. The van der Waals surface area contributed by atoms with Gasteiger partial charge < -0.3 is 25.2 Å². The van der Waals surface area contributed by atoms with Crippen molar-refractivity contribution in [1.82, 2.24) is 9.80 Å². The number of aliphatic hydroxyl groups excluding tert-OH is 1. The third-order valence-corrected chi connectivity index (χ3v) is 34.0. The second kappa shape index (κ2) is 18.9. The smallest absolute Gasteiger partial charge is 0.339 e. The molecule has 10 fully saturated rings. The maximum Gasteiger partial charge on any atom is 0.339 e. The van der Waals surface area contributed by atoms with E-state index < -0.39 is 16.4 Å². The van der Waals surface area contributed by atoms with Crippen molar-refractivity contribution < 1.29 is 24.2 Å². The molecule has 24 atom stereocenters. The molecule has 91 heavy (non-hydrogen) atoms. The highest BCUT2D eigenvalue weighted by molar-refractivity contribution is 6.00. The van der Waals surface area contributed by atoms with E-state index in [1.807, 2.05) is 0 Å². The van der Waals surface area contributed by atoms with Crippen molar-refractivity contribution in [3.63, 3.8) is 0 Å². The highest BCUT2D eigenvalue weighted by atomic mass is 16.6. The van der Waals surface area contributed by atoms with Crippen molar-refractivity contribution in [2.75, 3.05) is 26.2 Å². The zero-order chi connectivity index (χ0) is 60.6. The summed E-state index contributed by atoms with van der Waals surface area (Å²) in [6.07, 6.45) is 55.6. The van der Waals surface area contributed by atoms with Crippen LogP contribution in [0, 0.1) is 121 Å². The molecule has 1 aromatic rings. The SMILES string of the molecule is CC1CC=CC2=CC3CC4C(C)CC5=C6C4C4=C3C37C(=O)OC(=C(O)CC(C89C=CC%10CCCC%10%11CCCC%11(C8)C8(CCCC8)C9)N8CC9CC(C8)C(CC5)N6C9)C3(CC4)C3(OC(=O)c4c(CCCN)cccc43)C7CC2C2CCCC3(CCC4C(C=CC43)C1)C2. The van der Waals surface area contributed by atoms with Crippen LogP contribution in [0.3, 0.4) is 0 Å². The Morgan fingerprint density at radius 2 is 1.70 bits per heavy atom. The summed E-state index contributed by atoms with van der Waals surface area (Å²) in [6, 6.07) is 7.22. The third kappa shape index (κ3) is 6.58. The molecule has 7 saturated carbocycles. The Kier molecular flexibility index (Phi) is 11.6. The largest absolute Gasteiger partial charge is 0.509 e. The molecule has 9 heterocycles. The minimum absolute atomic E-state index is 0.0334. The van der Waals surface area contributed by atoms with Gasteiger partial charge in [-0.1, -0.05) is 118 Å². The fourth-order valence-corrected chi connectivity index (χ4v) is 31.8. The van der Waals surface area contributed by atoms with Crippen molar-refractivity contribution in [3.8, 4) is 0 Å². The Morgan fingerprint density at radius 1 is 0.813 bits per heavy atom. The molecule has 24 rings (SSSR count). The number of allylic oxidation sites excluding steroid dienone is 9. The Hall–Kier alpha value is -4.14. The van der Waals surface area contributed by atoms with Crippen LogP contribution in [-0.4, -0.2) is 65.1 Å². The molecule has 19 bridgehead atoms. The standard InChI is InChI=1S/C83H105N3O5/c1-48-11-5-13-52-38-56-39-61-49(2)36-54-19-21-65-57-37-50-43-85(45-57)68(77-31-22-58-16-8-28-79(58)29-10-30-80(79,47-77)78(46-77)26-3-4-27-78)41-66(87)73-81-33-24-60(70(61)72(54)86(65)44-50)71(56)82(81,75(89)90-73)67(83(81)64-17-6-12-51(15-9-34-84)69(64)74(88)91-83)40-62(52)55-14-7-25-76(42-55)32-23-59-53(35-48)18-20-63(59)76/h5-6,12-13,17-18,20,22,31,38,48-50,53,55-59,61-63,65,67-68,70,87H,3-4,7-11,14-16,19,21,23-30,32-37,39-47,84H2,1-2H3. The predicted molar refractivity (Wildman–Crippen MR) is 353 cm³/mol. The number of fused-ring (bicyclic) bond motifs is 7. The molecule has 14 aliphatic carbocycles. The number of ether oxygens (including phenoxy) is 2. The van der Waals surface area contributed by atoms with Crippen LogP contribution < -0.4 is 5.73 Å². The lowest BCUT2D eigenvalue weighted by Gasteiger charge is -2.73. The fraction of sp³-hybridized carbons (Fsp3) is 0.735. The minimum Gasteiger partial charge on any atom is -0.509 e. The van der Waals surface area contributed by atoms with E-state index in [0.29, 0.717) is 124 Å². The van der Waals surface area contributed by atoms with Gasteiger partial charge in [-0.3, -0.25) is 9.69 Å². The number of carbonyl (C=O) groups is 2. The first kappa shape index (κ1) is 56.1. The zero-order valence-corrected chi connectivity index (χ0v) is 55.3. The molecule has 0 aromatic heterocycles. The summed E-state index contributed by atoms with van der Waals surface area (Å²) in [4.78, 5) is 39.7. The van der Waals surface area contributed by atoms with Gasteiger partial charge >= 0.3 is 11.9 Å². The normalized spacial score (nSPS) is 51.4. The molecule has 8 nitrogen and oxygen atoms in total. The van der Waals surface area contributed by atoms with Crippen molar-refractivity contribution in [1.29, 1.82) is 0 Å². The number of benzene rings is 1. The molecule has 8 heteroatoms. The Morgan fingerprint density at radius 3 is 2.60 bits per heavy atom. The molecule has 482 valence electrons. The molecule has 3 N–H and O–H groups in total. The number of hydrogen-bond donors (Lipinski definition) is 2. The quantitative estimate of drug-likeness (QED) is 0.227. The average molecular weight is 1220 g/mol. The highest BCUT2D eigenvalue weighted by Gasteiger charge is 2.94. The number of nitrogens with zero attached hydrogens (tertiary/aromatic N) is 2. The molecule has 7 spiro atoms. The van der Waals surface area contributed by atoms with E-state index in [-0.39, 0.29) is 47.1 Å². The van der Waals surface area contributed by atoms with E-state index in [2.05, 4.69) is 84.4 Å². The molecule has 9 aliphatic heterocycles. The van der Waals surface area contributed by atoms with Crippen LogP contribution >= 0.6 is 0 Å². The van der Waals surface area contributed by atoms with Crippen LogP contribution in [0.1, 0.15) is 228 Å². The summed E-state index contributed by atoms with van der Waals surface area (Å²) in [6.45, 7) is 8.98. The molecule has 24 unspecified atom stereocenters. The second-order valence-corrected chi connectivity index (χ2v) is 36.7. The molecular weight excluding hydrogens is 1120 g/mol. The number of piperidine rings is 2. The molecule has 1 aromatic carbocycles. The molecule has 23 aliphatic rings. The van der Waals surface area contributed by atoms with E-state index in [1.54, 1.807) is 16.8 Å². The van der Waals surface area contributed by atoms with Gasteiger partial charge in [0.1, 0.15) is 11.2 Å². The average Bonchev–Trinajstić information content (AvgIpc) is 1.57. The van der Waals surface area contributed by atoms with Crippen LogP contribution in [0.5, 0.6) is 0 Å². The van der Waals surface area contributed by atoms with Crippen molar-refractivity contribution in [2.24, 2.45) is 126 Å². The van der Waals surface area contributed by atoms with Gasteiger partial charge in [0.25, 0.3) is 0 Å². The maximum absolute atomic E-state index is 17.5. The number of nitrogens with two attached hydrogens (primary N) is 1. The number of esters is 2. The third-order valence-electron chi connectivity index (χ3n) is 34.0. The monoisotopic (exact) mass is 1220 g/mol. The van der Waals surface area contributed by atoms with Gasteiger partial charge in [0.05, 0.1) is 11.0 Å². The van der Waals surface area contributed by atoms with Crippen LogP contribution in [-0.2, 0) is 26.3 Å². The first-order valence-electron chi connectivity index (χ1n) is 38.8. The lowest BCUT2D eigenvalue weighted by molar-refractivity contribution is -0.283. The first-order chi connectivity index (χ1) is 44.3. The van der Waals surface area contributed by atoms with Crippen LogP contribution in [0.4, 0.5) is 0 Å². The lowest BCUT2D eigenvalue weighted by Crippen LogP contribution is -2.78. The number of aliphatic hydroxyl groups is 1. The molecule has 0 radical (unpaired) electrons.